The summed E-state index contributed by atoms with van der Waals surface area (Å²) in [5.41, 5.74) is 3.25. The van der Waals surface area contributed by atoms with Crippen LogP contribution in [-0.4, -0.2) is 22.3 Å². The van der Waals surface area contributed by atoms with E-state index in [1.54, 1.807) is 31.2 Å². The van der Waals surface area contributed by atoms with Crippen LogP contribution in [0.3, 0.4) is 0 Å². The molecule has 3 rings (SSSR count). The average Bonchev–Trinajstić information content (AvgIpc) is 3.07. The summed E-state index contributed by atoms with van der Waals surface area (Å²) in [7, 11) is 0. The lowest BCUT2D eigenvalue weighted by atomic mass is 10.1. The molecule has 1 atom stereocenters. The van der Waals surface area contributed by atoms with Crippen molar-refractivity contribution in [3.8, 4) is 17.0 Å². The van der Waals surface area contributed by atoms with Gasteiger partial charge in [-0.15, -0.1) is 0 Å². The van der Waals surface area contributed by atoms with E-state index in [1.807, 2.05) is 32.0 Å². The molecule has 134 valence electrons. The number of rotatable bonds is 5. The minimum atomic E-state index is -0.717. The van der Waals surface area contributed by atoms with Crippen LogP contribution in [0.25, 0.3) is 11.3 Å². The molecule has 3 aromatic rings. The van der Waals surface area contributed by atoms with E-state index in [4.69, 9.17) is 21.0 Å². The van der Waals surface area contributed by atoms with Gasteiger partial charge in [0.2, 0.25) is 5.82 Å². The molecule has 26 heavy (non-hydrogen) atoms. The van der Waals surface area contributed by atoms with Crippen molar-refractivity contribution in [1.82, 2.24) is 10.3 Å². The number of aromatic nitrogens is 2. The normalized spacial score (nSPS) is 11.8. The number of anilines is 1. The van der Waals surface area contributed by atoms with Crippen LogP contribution in [0.1, 0.15) is 18.1 Å². The third-order valence-electron chi connectivity index (χ3n) is 4.08. The van der Waals surface area contributed by atoms with Crippen LogP contribution in [0.4, 0.5) is 5.82 Å². The largest absolute Gasteiger partial charge is 0.481 e. The van der Waals surface area contributed by atoms with Crippen LogP contribution in [0.5, 0.6) is 5.75 Å². The van der Waals surface area contributed by atoms with E-state index in [0.717, 1.165) is 16.7 Å². The maximum absolute atomic E-state index is 12.5. The Morgan fingerprint density at radius 2 is 1.88 bits per heavy atom. The first-order valence-electron chi connectivity index (χ1n) is 8.08. The smallest absolute Gasteiger partial charge is 0.266 e. The quantitative estimate of drug-likeness (QED) is 0.718. The highest BCUT2D eigenvalue weighted by molar-refractivity contribution is 6.30. The van der Waals surface area contributed by atoms with Gasteiger partial charge in [0.1, 0.15) is 5.75 Å². The molecule has 1 N–H and O–H groups in total. The summed E-state index contributed by atoms with van der Waals surface area (Å²) < 4.78 is 10.6. The standard InChI is InChI=1S/C19H18ClN3O3/c1-11-5-4-6-16(12(11)2)25-13(3)19(24)21-18-17(22-26-23-18)14-7-9-15(20)10-8-14/h4-10,13H,1-3H3,(H,21,23,24)/t13-/m0/s1. The summed E-state index contributed by atoms with van der Waals surface area (Å²) in [6, 6.07) is 12.7. The van der Waals surface area contributed by atoms with Gasteiger partial charge in [0.05, 0.1) is 0 Å². The fourth-order valence-electron chi connectivity index (χ4n) is 2.38. The predicted octanol–water partition coefficient (Wildman–Crippen LogP) is 4.41. The molecule has 0 aliphatic heterocycles. The molecular formula is C19H18ClN3O3. The van der Waals surface area contributed by atoms with Gasteiger partial charge in [-0.1, -0.05) is 35.9 Å². The van der Waals surface area contributed by atoms with Crippen LogP contribution in [0, 0.1) is 13.8 Å². The maximum atomic E-state index is 12.5. The second kappa shape index (κ2) is 7.58. The van der Waals surface area contributed by atoms with Gasteiger partial charge < -0.3 is 10.1 Å². The van der Waals surface area contributed by atoms with Gasteiger partial charge in [-0.25, -0.2) is 4.63 Å². The van der Waals surface area contributed by atoms with Gasteiger partial charge in [0.25, 0.3) is 5.91 Å². The Morgan fingerprint density at radius 1 is 1.15 bits per heavy atom. The zero-order valence-corrected chi connectivity index (χ0v) is 15.4. The first-order chi connectivity index (χ1) is 12.5. The predicted molar refractivity (Wildman–Crippen MR) is 99.4 cm³/mol. The Bertz CT molecular complexity index is 922. The van der Waals surface area contributed by atoms with Crippen molar-refractivity contribution in [2.24, 2.45) is 0 Å². The van der Waals surface area contributed by atoms with Crippen LogP contribution < -0.4 is 10.1 Å². The van der Waals surface area contributed by atoms with Gasteiger partial charge in [0, 0.05) is 10.6 Å². The fraction of sp³-hybridized carbons (Fsp3) is 0.211. The average molecular weight is 372 g/mol. The number of benzene rings is 2. The van der Waals surface area contributed by atoms with Crippen molar-refractivity contribution in [2.45, 2.75) is 26.9 Å². The van der Waals surface area contributed by atoms with Crippen LogP contribution >= 0.6 is 11.6 Å². The summed E-state index contributed by atoms with van der Waals surface area (Å²) in [6.07, 6.45) is -0.717. The van der Waals surface area contributed by atoms with E-state index in [1.165, 1.54) is 0 Å². The lowest BCUT2D eigenvalue weighted by Crippen LogP contribution is -2.30. The van der Waals surface area contributed by atoms with E-state index in [-0.39, 0.29) is 11.7 Å². The number of ether oxygens (including phenoxy) is 1. The second-order valence-corrected chi connectivity index (χ2v) is 6.35. The number of carbonyl (C=O) groups is 1. The molecular weight excluding hydrogens is 354 g/mol. The summed E-state index contributed by atoms with van der Waals surface area (Å²) in [5.74, 6) is 0.550. The fourth-order valence-corrected chi connectivity index (χ4v) is 2.51. The molecule has 0 unspecified atom stereocenters. The molecule has 0 saturated carbocycles. The molecule has 2 aromatic carbocycles. The molecule has 0 aliphatic carbocycles. The van der Waals surface area contributed by atoms with Crippen LogP contribution in [0.2, 0.25) is 5.02 Å². The number of aryl methyl sites for hydroxylation is 1. The zero-order chi connectivity index (χ0) is 18.7. The Balaban J connectivity index is 1.73. The highest BCUT2D eigenvalue weighted by Gasteiger charge is 2.21. The highest BCUT2D eigenvalue weighted by atomic mass is 35.5. The molecule has 0 saturated heterocycles. The first kappa shape index (κ1) is 17.9. The Hall–Kier alpha value is -2.86. The van der Waals surface area contributed by atoms with Gasteiger partial charge in [-0.3, -0.25) is 4.79 Å². The van der Waals surface area contributed by atoms with Gasteiger partial charge in [-0.05, 0) is 60.4 Å². The molecule has 0 aliphatic rings. The molecule has 1 heterocycles. The minimum absolute atomic E-state index is 0.230. The van der Waals surface area contributed by atoms with Crippen molar-refractivity contribution in [2.75, 3.05) is 5.32 Å². The summed E-state index contributed by atoms with van der Waals surface area (Å²) in [4.78, 5) is 12.5. The first-order valence-corrected chi connectivity index (χ1v) is 8.45. The third kappa shape index (κ3) is 3.86. The summed E-state index contributed by atoms with van der Waals surface area (Å²) >= 11 is 5.89. The molecule has 0 spiro atoms. The van der Waals surface area contributed by atoms with E-state index in [0.29, 0.717) is 16.5 Å². The number of hydrogen-bond donors (Lipinski definition) is 1. The zero-order valence-electron chi connectivity index (χ0n) is 14.6. The number of halogens is 1. The monoisotopic (exact) mass is 371 g/mol. The molecule has 7 heteroatoms. The molecule has 0 bridgehead atoms. The van der Waals surface area contributed by atoms with Crippen molar-refractivity contribution < 1.29 is 14.2 Å². The minimum Gasteiger partial charge on any atom is -0.481 e. The number of hydrogen-bond acceptors (Lipinski definition) is 5. The van der Waals surface area contributed by atoms with E-state index < -0.39 is 6.10 Å². The maximum Gasteiger partial charge on any atom is 0.266 e. The van der Waals surface area contributed by atoms with Crippen molar-refractivity contribution in [3.63, 3.8) is 0 Å². The van der Waals surface area contributed by atoms with E-state index in [2.05, 4.69) is 15.6 Å². The van der Waals surface area contributed by atoms with Crippen molar-refractivity contribution in [3.05, 3.63) is 58.6 Å². The summed E-state index contributed by atoms with van der Waals surface area (Å²) in [6.45, 7) is 5.62. The molecule has 1 aromatic heterocycles. The number of amides is 1. The highest BCUT2D eigenvalue weighted by Crippen LogP contribution is 2.26. The van der Waals surface area contributed by atoms with Gasteiger partial charge >= 0.3 is 0 Å². The topological polar surface area (TPSA) is 77.2 Å². The molecule has 0 radical (unpaired) electrons. The van der Waals surface area contributed by atoms with Gasteiger partial charge in [-0.2, -0.15) is 0 Å². The van der Waals surface area contributed by atoms with Crippen LogP contribution in [0.15, 0.2) is 47.1 Å². The number of nitrogens with zero attached hydrogens (tertiary/aromatic N) is 2. The molecule has 1 amide bonds. The lowest BCUT2D eigenvalue weighted by Gasteiger charge is -2.16. The molecule has 0 fully saturated rings. The van der Waals surface area contributed by atoms with E-state index in [9.17, 15) is 4.79 Å². The number of nitrogens with one attached hydrogen (secondary N) is 1. The summed E-state index contributed by atoms with van der Waals surface area (Å²) in [5, 5.41) is 10.9. The Labute approximate surface area is 156 Å². The van der Waals surface area contributed by atoms with Crippen molar-refractivity contribution in [1.29, 1.82) is 0 Å². The number of carbonyl (C=O) groups excluding carboxylic acids is 1. The Morgan fingerprint density at radius 3 is 2.62 bits per heavy atom. The Kier molecular flexibility index (Phi) is 5.23. The molecule has 6 nitrogen and oxygen atoms in total. The van der Waals surface area contributed by atoms with Crippen LogP contribution in [-0.2, 0) is 4.79 Å². The van der Waals surface area contributed by atoms with E-state index >= 15 is 0 Å². The lowest BCUT2D eigenvalue weighted by molar-refractivity contribution is -0.122. The van der Waals surface area contributed by atoms with Crippen molar-refractivity contribution >= 4 is 23.3 Å². The second-order valence-electron chi connectivity index (χ2n) is 5.92. The van der Waals surface area contributed by atoms with Gasteiger partial charge in [0.15, 0.2) is 11.8 Å². The SMILES string of the molecule is Cc1cccc(O[C@@H](C)C(=O)Nc2nonc2-c2ccc(Cl)cc2)c1C. The third-order valence-corrected chi connectivity index (χ3v) is 4.33.